The molecule has 1 unspecified atom stereocenters. The topological polar surface area (TPSA) is 89.3 Å². The van der Waals surface area contributed by atoms with Crippen LogP contribution in [0.4, 0.5) is 0 Å². The minimum Gasteiger partial charge on any atom is -0.341 e. The number of carbonyl (C=O) groups is 1. The first-order valence-corrected chi connectivity index (χ1v) is 15.6. The number of benzene rings is 1. The number of sulfone groups is 1. The molecular formula is C24H26ClN3O4S3. The molecule has 3 aromatic rings. The van der Waals surface area contributed by atoms with Crippen LogP contribution in [0.5, 0.6) is 0 Å². The lowest BCUT2D eigenvalue weighted by Gasteiger charge is -2.23. The molecule has 3 heterocycles. The number of aryl methyl sites for hydroxylation is 3. The molecule has 2 aliphatic rings. The van der Waals surface area contributed by atoms with Crippen molar-refractivity contribution in [1.82, 2.24) is 14.5 Å². The fraction of sp³-hybridized carbons (Fsp3) is 0.458. The third-order valence-corrected chi connectivity index (χ3v) is 11.1. The summed E-state index contributed by atoms with van der Waals surface area (Å²) in [4.78, 5) is 35.1. The van der Waals surface area contributed by atoms with Crippen LogP contribution in [0.25, 0.3) is 15.9 Å². The highest BCUT2D eigenvalue weighted by atomic mass is 35.5. The summed E-state index contributed by atoms with van der Waals surface area (Å²) in [6.07, 6.45) is 4.46. The summed E-state index contributed by atoms with van der Waals surface area (Å²) in [5, 5.41) is 1.66. The molecule has 1 fully saturated rings. The molecule has 1 amide bonds. The molecule has 1 saturated heterocycles. The third kappa shape index (κ3) is 4.77. The van der Waals surface area contributed by atoms with Crippen molar-refractivity contribution in [2.24, 2.45) is 0 Å². The maximum absolute atomic E-state index is 13.8. The number of amides is 1. The van der Waals surface area contributed by atoms with Crippen molar-refractivity contribution < 1.29 is 13.2 Å². The smallest absolute Gasteiger partial charge is 0.267 e. The molecule has 1 aliphatic heterocycles. The number of hydrogen-bond donors (Lipinski definition) is 0. The van der Waals surface area contributed by atoms with Crippen molar-refractivity contribution in [2.75, 3.05) is 24.3 Å². The Hall–Kier alpha value is -1.88. The first-order chi connectivity index (χ1) is 16.6. The normalized spacial score (nSPS) is 19.1. The van der Waals surface area contributed by atoms with Gasteiger partial charge < -0.3 is 4.90 Å². The van der Waals surface area contributed by atoms with Gasteiger partial charge in [0.1, 0.15) is 4.83 Å². The number of thiophene rings is 1. The van der Waals surface area contributed by atoms with Crippen molar-refractivity contribution in [2.45, 2.75) is 50.2 Å². The molecule has 2 aromatic heterocycles. The van der Waals surface area contributed by atoms with Crippen LogP contribution in [0.15, 0.2) is 28.2 Å². The molecule has 0 saturated carbocycles. The Labute approximate surface area is 217 Å². The van der Waals surface area contributed by atoms with E-state index >= 15 is 0 Å². The van der Waals surface area contributed by atoms with Crippen molar-refractivity contribution in [1.29, 1.82) is 0 Å². The van der Waals surface area contributed by atoms with E-state index in [0.29, 0.717) is 32.5 Å². The summed E-state index contributed by atoms with van der Waals surface area (Å²) in [7, 11) is -1.45. The lowest BCUT2D eigenvalue weighted by molar-refractivity contribution is -0.128. The molecule has 1 aliphatic carbocycles. The first kappa shape index (κ1) is 24.8. The first-order valence-electron chi connectivity index (χ1n) is 11.6. The molecule has 0 spiro atoms. The van der Waals surface area contributed by atoms with Gasteiger partial charge in [-0.15, -0.1) is 11.3 Å². The molecular weight excluding hydrogens is 526 g/mol. The lowest BCUT2D eigenvalue weighted by atomic mass is 9.97. The standard InChI is InChI=1S/C24H26ClN3O4S3/c1-14-7-8-15(11-18(14)25)28-23(30)21-17-5-3-4-6-19(17)34-22(21)26-24(28)33-12-20(29)27(2)16-9-10-35(31,32)13-16/h7-8,11,16H,3-6,9-10,12-13H2,1-2H3. The van der Waals surface area contributed by atoms with Gasteiger partial charge in [-0.2, -0.15) is 0 Å². The van der Waals surface area contributed by atoms with E-state index < -0.39 is 9.84 Å². The highest BCUT2D eigenvalue weighted by molar-refractivity contribution is 7.99. The van der Waals surface area contributed by atoms with Crippen LogP contribution < -0.4 is 5.56 Å². The predicted octanol–water partition coefficient (Wildman–Crippen LogP) is 4.03. The van der Waals surface area contributed by atoms with E-state index in [1.165, 1.54) is 21.5 Å². The SMILES string of the molecule is Cc1ccc(-n2c(SCC(=O)N(C)C3CCS(=O)(=O)C3)nc3sc4c(c3c2=O)CCCC4)cc1Cl. The fourth-order valence-corrected chi connectivity index (χ4v) is 8.93. The fourth-order valence-electron chi connectivity index (χ4n) is 4.74. The Morgan fingerprint density at radius 2 is 2.09 bits per heavy atom. The summed E-state index contributed by atoms with van der Waals surface area (Å²) in [6, 6.07) is 5.15. The van der Waals surface area contributed by atoms with Crippen LogP contribution in [-0.4, -0.2) is 59.1 Å². The van der Waals surface area contributed by atoms with E-state index in [2.05, 4.69) is 0 Å². The number of hydrogen-bond acceptors (Lipinski definition) is 7. The second-order valence-corrected chi connectivity index (χ2v) is 13.9. The average molecular weight is 552 g/mol. The summed E-state index contributed by atoms with van der Waals surface area (Å²) in [5.74, 6) is -0.0322. The third-order valence-electron chi connectivity index (χ3n) is 6.85. The highest BCUT2D eigenvalue weighted by Crippen LogP contribution is 2.35. The van der Waals surface area contributed by atoms with Gasteiger partial charge >= 0.3 is 0 Å². The number of carbonyl (C=O) groups excluding carboxylic acids is 1. The Kier molecular flexibility index (Phi) is 6.76. The van der Waals surface area contributed by atoms with Crippen molar-refractivity contribution >= 4 is 60.7 Å². The van der Waals surface area contributed by atoms with Crippen molar-refractivity contribution in [3.63, 3.8) is 0 Å². The number of halogens is 1. The zero-order valence-corrected chi connectivity index (χ0v) is 22.7. The molecule has 0 bridgehead atoms. The van der Waals surface area contributed by atoms with Crippen LogP contribution in [-0.2, 0) is 27.5 Å². The van der Waals surface area contributed by atoms with E-state index in [0.717, 1.165) is 36.8 Å². The molecule has 1 atom stereocenters. The molecule has 186 valence electrons. The highest BCUT2D eigenvalue weighted by Gasteiger charge is 2.33. The maximum atomic E-state index is 13.8. The predicted molar refractivity (Wildman–Crippen MR) is 142 cm³/mol. The minimum atomic E-state index is -3.09. The number of nitrogens with zero attached hydrogens (tertiary/aromatic N) is 3. The average Bonchev–Trinajstić information content (AvgIpc) is 3.38. The Morgan fingerprint density at radius 3 is 2.80 bits per heavy atom. The van der Waals surface area contributed by atoms with Crippen LogP contribution in [0, 0.1) is 6.92 Å². The van der Waals surface area contributed by atoms with Crippen molar-refractivity contribution in [3.05, 3.63) is 49.6 Å². The van der Waals surface area contributed by atoms with E-state index in [-0.39, 0.29) is 34.8 Å². The lowest BCUT2D eigenvalue weighted by Crippen LogP contribution is -2.39. The maximum Gasteiger partial charge on any atom is 0.267 e. The van der Waals surface area contributed by atoms with E-state index in [9.17, 15) is 18.0 Å². The van der Waals surface area contributed by atoms with E-state index in [1.54, 1.807) is 29.0 Å². The second-order valence-electron chi connectivity index (χ2n) is 9.21. The van der Waals surface area contributed by atoms with E-state index in [4.69, 9.17) is 16.6 Å². The second kappa shape index (κ2) is 9.53. The van der Waals surface area contributed by atoms with Gasteiger partial charge in [0.25, 0.3) is 5.56 Å². The number of aromatic nitrogens is 2. The summed E-state index contributed by atoms with van der Waals surface area (Å²) in [6.45, 7) is 1.90. The van der Waals surface area contributed by atoms with Gasteiger partial charge in [0, 0.05) is 23.0 Å². The van der Waals surface area contributed by atoms with Crippen LogP contribution >= 0.6 is 34.7 Å². The quantitative estimate of drug-likeness (QED) is 0.351. The van der Waals surface area contributed by atoms with Gasteiger partial charge in [0.15, 0.2) is 15.0 Å². The van der Waals surface area contributed by atoms with Crippen LogP contribution in [0.3, 0.4) is 0 Å². The Balaban J connectivity index is 1.53. The monoisotopic (exact) mass is 551 g/mol. The van der Waals surface area contributed by atoms with Gasteiger partial charge in [-0.1, -0.05) is 29.4 Å². The molecule has 0 N–H and O–H groups in total. The summed E-state index contributed by atoms with van der Waals surface area (Å²) >= 11 is 9.16. The van der Waals surface area contributed by atoms with Gasteiger partial charge in [-0.3, -0.25) is 14.2 Å². The number of rotatable bonds is 5. The van der Waals surface area contributed by atoms with E-state index in [1.807, 2.05) is 19.1 Å². The van der Waals surface area contributed by atoms with Gasteiger partial charge in [0.2, 0.25) is 5.91 Å². The van der Waals surface area contributed by atoms with Gasteiger partial charge in [-0.25, -0.2) is 13.4 Å². The molecule has 7 nitrogen and oxygen atoms in total. The molecule has 35 heavy (non-hydrogen) atoms. The molecule has 11 heteroatoms. The molecule has 5 rings (SSSR count). The zero-order valence-electron chi connectivity index (χ0n) is 19.5. The largest absolute Gasteiger partial charge is 0.341 e. The van der Waals surface area contributed by atoms with Gasteiger partial charge in [0.05, 0.1) is 28.3 Å². The van der Waals surface area contributed by atoms with Crippen LogP contribution in [0.1, 0.15) is 35.3 Å². The summed E-state index contributed by atoms with van der Waals surface area (Å²) in [5.41, 5.74) is 2.49. The Morgan fingerprint density at radius 1 is 1.31 bits per heavy atom. The Bertz CT molecular complexity index is 1500. The minimum absolute atomic E-state index is 0.00254. The molecule has 0 radical (unpaired) electrons. The number of fused-ring (bicyclic) bond motifs is 3. The zero-order chi connectivity index (χ0) is 24.9. The molecule has 1 aromatic carbocycles. The number of thioether (sulfide) groups is 1. The van der Waals surface area contributed by atoms with Gasteiger partial charge in [-0.05, 0) is 62.3 Å². The van der Waals surface area contributed by atoms with Crippen LogP contribution in [0.2, 0.25) is 5.02 Å². The summed E-state index contributed by atoms with van der Waals surface area (Å²) < 4.78 is 25.3. The van der Waals surface area contributed by atoms with Crippen molar-refractivity contribution in [3.8, 4) is 5.69 Å².